The predicted octanol–water partition coefficient (Wildman–Crippen LogP) is 5.35. The van der Waals surface area contributed by atoms with Crippen molar-refractivity contribution in [2.75, 3.05) is 26.3 Å². The lowest BCUT2D eigenvalue weighted by Crippen LogP contribution is -2.47. The van der Waals surface area contributed by atoms with Crippen molar-refractivity contribution in [2.24, 2.45) is 5.92 Å². The highest BCUT2D eigenvalue weighted by molar-refractivity contribution is 5.75. The highest BCUT2D eigenvalue weighted by atomic mass is 16.5. The van der Waals surface area contributed by atoms with E-state index in [0.717, 1.165) is 58.4 Å². The number of carbonyl (C=O) groups is 1. The van der Waals surface area contributed by atoms with Crippen molar-refractivity contribution in [2.45, 2.75) is 89.8 Å². The molecule has 2 aliphatic heterocycles. The largest absolute Gasteiger partial charge is 0.376 e. The molecule has 0 bridgehead atoms. The van der Waals surface area contributed by atoms with E-state index in [4.69, 9.17) is 9.47 Å². The quantitative estimate of drug-likeness (QED) is 0.603. The van der Waals surface area contributed by atoms with Gasteiger partial charge in [0.2, 0.25) is 5.91 Å². The first kappa shape index (κ1) is 23.3. The molecular weight excluding hydrogens is 374 g/mol. The molecule has 3 rings (SSSR count). The summed E-state index contributed by atoms with van der Waals surface area (Å²) in [5.74, 6) is 0.789. The van der Waals surface area contributed by atoms with Crippen LogP contribution >= 0.6 is 0 Å². The number of amides is 1. The molecule has 2 saturated heterocycles. The molecule has 4 heteroatoms. The first-order chi connectivity index (χ1) is 14.1. The van der Waals surface area contributed by atoms with Crippen molar-refractivity contribution in [3.8, 4) is 0 Å². The van der Waals surface area contributed by atoms with E-state index in [2.05, 4.69) is 62.9 Å². The van der Waals surface area contributed by atoms with E-state index in [1.165, 1.54) is 5.56 Å². The van der Waals surface area contributed by atoms with Crippen LogP contribution in [-0.4, -0.2) is 48.3 Å². The monoisotopic (exact) mass is 415 g/mol. The van der Waals surface area contributed by atoms with Crippen molar-refractivity contribution in [1.29, 1.82) is 0 Å². The Hall–Kier alpha value is -1.39. The Kier molecular flexibility index (Phi) is 7.29. The van der Waals surface area contributed by atoms with E-state index < -0.39 is 0 Å². The summed E-state index contributed by atoms with van der Waals surface area (Å²) in [6.07, 6.45) is 5.62. The molecule has 4 nitrogen and oxygen atoms in total. The van der Waals surface area contributed by atoms with Gasteiger partial charge in [-0.25, -0.2) is 0 Å². The molecule has 1 aromatic carbocycles. The van der Waals surface area contributed by atoms with Gasteiger partial charge in [-0.1, -0.05) is 37.3 Å². The lowest BCUT2D eigenvalue weighted by Gasteiger charge is -2.46. The summed E-state index contributed by atoms with van der Waals surface area (Å²) in [6, 6.07) is 10.9. The van der Waals surface area contributed by atoms with Gasteiger partial charge in [0.25, 0.3) is 0 Å². The number of ether oxygens (including phenoxy) is 2. The van der Waals surface area contributed by atoms with Gasteiger partial charge in [-0.05, 0) is 71.3 Å². The molecule has 0 radical (unpaired) electrons. The minimum Gasteiger partial charge on any atom is -0.376 e. The van der Waals surface area contributed by atoms with Crippen LogP contribution in [-0.2, 0) is 19.7 Å². The minimum atomic E-state index is -0.140. The highest BCUT2D eigenvalue weighted by Crippen LogP contribution is 2.44. The molecule has 30 heavy (non-hydrogen) atoms. The SMILES string of the molecule is CCC(=O)N(CC[C@@]1(c2ccccc2)CCOC(C)(C)C1)C[C@@H]1CCOC(C)(C)C1. The Morgan fingerprint density at radius 1 is 1.07 bits per heavy atom. The number of carbonyl (C=O) groups excluding carboxylic acids is 1. The zero-order valence-corrected chi connectivity index (χ0v) is 19.7. The van der Waals surface area contributed by atoms with Gasteiger partial charge in [-0.15, -0.1) is 0 Å². The average Bonchev–Trinajstić information content (AvgIpc) is 2.70. The molecule has 2 heterocycles. The van der Waals surface area contributed by atoms with Gasteiger partial charge in [0.05, 0.1) is 11.2 Å². The number of benzene rings is 1. The fraction of sp³-hybridized carbons (Fsp3) is 0.731. The van der Waals surface area contributed by atoms with Gasteiger partial charge < -0.3 is 14.4 Å². The molecule has 0 unspecified atom stereocenters. The summed E-state index contributed by atoms with van der Waals surface area (Å²) >= 11 is 0. The van der Waals surface area contributed by atoms with Crippen molar-refractivity contribution >= 4 is 5.91 Å². The standard InChI is InChI=1S/C26H41NO3/c1-6-23(28)27(19-21-12-16-29-24(2,3)18-21)15-13-26(22-10-8-7-9-11-22)14-17-30-25(4,5)20-26/h7-11,21H,6,12-20H2,1-5H3/t21-,26-/m1/s1. The molecule has 168 valence electrons. The van der Waals surface area contributed by atoms with E-state index in [0.29, 0.717) is 12.3 Å². The normalized spacial score (nSPS) is 28.1. The van der Waals surface area contributed by atoms with E-state index in [-0.39, 0.29) is 22.5 Å². The van der Waals surface area contributed by atoms with Crippen LogP contribution in [0.4, 0.5) is 0 Å². The summed E-state index contributed by atoms with van der Waals surface area (Å²) in [6.45, 7) is 13.9. The molecule has 2 fully saturated rings. The number of hydrogen-bond donors (Lipinski definition) is 0. The molecular formula is C26H41NO3. The Morgan fingerprint density at radius 2 is 1.77 bits per heavy atom. The molecule has 1 aromatic rings. The van der Waals surface area contributed by atoms with Gasteiger partial charge in [0, 0.05) is 38.1 Å². The fourth-order valence-corrected chi connectivity index (χ4v) is 5.59. The van der Waals surface area contributed by atoms with Crippen LogP contribution in [0, 0.1) is 5.92 Å². The zero-order chi connectivity index (χ0) is 21.8. The van der Waals surface area contributed by atoms with Crippen molar-refractivity contribution < 1.29 is 14.3 Å². The maximum absolute atomic E-state index is 12.9. The molecule has 2 aliphatic rings. The van der Waals surface area contributed by atoms with Crippen LogP contribution in [0.2, 0.25) is 0 Å². The Morgan fingerprint density at radius 3 is 2.40 bits per heavy atom. The molecule has 0 spiro atoms. The maximum Gasteiger partial charge on any atom is 0.222 e. The molecule has 2 atom stereocenters. The molecule has 1 amide bonds. The van der Waals surface area contributed by atoms with Gasteiger partial charge in [-0.3, -0.25) is 4.79 Å². The smallest absolute Gasteiger partial charge is 0.222 e. The molecule has 0 aromatic heterocycles. The van der Waals surface area contributed by atoms with Gasteiger partial charge in [0.15, 0.2) is 0 Å². The van der Waals surface area contributed by atoms with E-state index in [9.17, 15) is 4.79 Å². The van der Waals surface area contributed by atoms with E-state index >= 15 is 0 Å². The van der Waals surface area contributed by atoms with Crippen LogP contribution in [0.15, 0.2) is 30.3 Å². The topological polar surface area (TPSA) is 38.8 Å². The molecule has 0 aliphatic carbocycles. The average molecular weight is 416 g/mol. The van der Waals surface area contributed by atoms with Crippen LogP contribution in [0.3, 0.4) is 0 Å². The number of rotatable bonds is 7. The second kappa shape index (κ2) is 9.40. The van der Waals surface area contributed by atoms with Crippen LogP contribution < -0.4 is 0 Å². The molecule has 0 saturated carbocycles. The van der Waals surface area contributed by atoms with Crippen molar-refractivity contribution in [3.05, 3.63) is 35.9 Å². The third-order valence-corrected chi connectivity index (χ3v) is 7.02. The van der Waals surface area contributed by atoms with Crippen molar-refractivity contribution in [3.63, 3.8) is 0 Å². The predicted molar refractivity (Wildman–Crippen MR) is 122 cm³/mol. The zero-order valence-electron chi connectivity index (χ0n) is 19.7. The third-order valence-electron chi connectivity index (χ3n) is 7.02. The number of nitrogens with zero attached hydrogens (tertiary/aromatic N) is 1. The summed E-state index contributed by atoms with van der Waals surface area (Å²) in [5, 5.41) is 0. The fourth-order valence-electron chi connectivity index (χ4n) is 5.59. The number of hydrogen-bond acceptors (Lipinski definition) is 3. The second-order valence-corrected chi connectivity index (χ2v) is 10.6. The summed E-state index contributed by atoms with van der Waals surface area (Å²) in [5.41, 5.74) is 1.22. The van der Waals surface area contributed by atoms with Crippen molar-refractivity contribution in [1.82, 2.24) is 4.90 Å². The second-order valence-electron chi connectivity index (χ2n) is 10.6. The summed E-state index contributed by atoms with van der Waals surface area (Å²) in [4.78, 5) is 15.0. The Labute approximate surface area is 183 Å². The Balaban J connectivity index is 1.76. The minimum absolute atomic E-state index is 0.0598. The lowest BCUT2D eigenvalue weighted by molar-refractivity contribution is -0.134. The van der Waals surface area contributed by atoms with Gasteiger partial charge >= 0.3 is 0 Å². The maximum atomic E-state index is 12.9. The first-order valence-corrected chi connectivity index (χ1v) is 11.8. The van der Waals surface area contributed by atoms with Crippen LogP contribution in [0.1, 0.15) is 78.7 Å². The van der Waals surface area contributed by atoms with E-state index in [1.807, 2.05) is 6.92 Å². The van der Waals surface area contributed by atoms with Gasteiger partial charge in [0.1, 0.15) is 0 Å². The van der Waals surface area contributed by atoms with Crippen LogP contribution in [0.5, 0.6) is 0 Å². The lowest BCUT2D eigenvalue weighted by atomic mass is 9.67. The highest BCUT2D eigenvalue weighted by Gasteiger charge is 2.42. The summed E-state index contributed by atoms with van der Waals surface area (Å²) < 4.78 is 12.0. The van der Waals surface area contributed by atoms with E-state index in [1.54, 1.807) is 0 Å². The van der Waals surface area contributed by atoms with Crippen LogP contribution in [0.25, 0.3) is 0 Å². The van der Waals surface area contributed by atoms with Gasteiger partial charge in [-0.2, -0.15) is 0 Å². The first-order valence-electron chi connectivity index (χ1n) is 11.8. The summed E-state index contributed by atoms with van der Waals surface area (Å²) in [7, 11) is 0. The third kappa shape index (κ3) is 5.85. The Bertz CT molecular complexity index is 699. The molecule has 0 N–H and O–H groups in total.